The van der Waals surface area contributed by atoms with Gasteiger partial charge >= 0.3 is 0 Å². The van der Waals surface area contributed by atoms with Gasteiger partial charge in [-0.05, 0) is 12.1 Å². The van der Waals surface area contributed by atoms with Crippen molar-refractivity contribution in [3.63, 3.8) is 0 Å². The third-order valence-corrected chi connectivity index (χ3v) is 2.49. The molecule has 0 fully saturated rings. The summed E-state index contributed by atoms with van der Waals surface area (Å²) in [5.74, 6) is 0.830. The molecule has 0 amide bonds. The predicted molar refractivity (Wildman–Crippen MR) is 62.4 cm³/mol. The Bertz CT molecular complexity index is 456. The maximum atomic E-state index is 9.41. The van der Waals surface area contributed by atoms with E-state index in [-0.39, 0.29) is 6.61 Å². The van der Waals surface area contributed by atoms with Gasteiger partial charge in [-0.25, -0.2) is 4.98 Å². The van der Waals surface area contributed by atoms with E-state index in [4.69, 9.17) is 5.11 Å². The molecule has 0 spiro atoms. The summed E-state index contributed by atoms with van der Waals surface area (Å²) >= 11 is 0. The van der Waals surface area contributed by atoms with Crippen LogP contribution in [0.2, 0.25) is 0 Å². The van der Waals surface area contributed by atoms with Crippen LogP contribution in [0.25, 0.3) is 0 Å². The van der Waals surface area contributed by atoms with E-state index in [1.54, 1.807) is 18.6 Å². The van der Waals surface area contributed by atoms with Crippen LogP contribution in [0, 0.1) is 0 Å². The molecule has 2 aromatic heterocycles. The summed E-state index contributed by atoms with van der Waals surface area (Å²) in [5, 5.41) is 18.2. The Balaban J connectivity index is 2.09. The van der Waals surface area contributed by atoms with Gasteiger partial charge in [0.15, 0.2) is 0 Å². The quantitative estimate of drug-likeness (QED) is 0.775. The normalized spacial score (nSPS) is 12.6. The minimum atomic E-state index is -0.758. The van der Waals surface area contributed by atoms with E-state index in [0.29, 0.717) is 13.0 Å². The van der Waals surface area contributed by atoms with Gasteiger partial charge in [0.25, 0.3) is 0 Å². The molecular weight excluding hydrogens is 218 g/mol. The molecule has 17 heavy (non-hydrogen) atoms. The molecular formula is C12H15N3O2. The summed E-state index contributed by atoms with van der Waals surface area (Å²) in [6.07, 6.45) is 5.07. The van der Waals surface area contributed by atoms with E-state index >= 15 is 0 Å². The largest absolute Gasteiger partial charge is 0.394 e. The fourth-order valence-corrected chi connectivity index (χ4v) is 1.62. The van der Waals surface area contributed by atoms with Gasteiger partial charge in [-0.3, -0.25) is 4.98 Å². The Kier molecular flexibility index (Phi) is 3.85. The van der Waals surface area contributed by atoms with Gasteiger partial charge in [-0.2, -0.15) is 0 Å². The average Bonchev–Trinajstić information content (AvgIpc) is 2.78. The highest BCUT2D eigenvalue weighted by Gasteiger charge is 2.08. The van der Waals surface area contributed by atoms with E-state index in [1.807, 2.05) is 22.8 Å². The first-order valence-corrected chi connectivity index (χ1v) is 5.48. The second-order valence-electron chi connectivity index (χ2n) is 3.83. The lowest BCUT2D eigenvalue weighted by atomic mass is 10.2. The average molecular weight is 233 g/mol. The zero-order chi connectivity index (χ0) is 12.1. The molecule has 5 heteroatoms. The van der Waals surface area contributed by atoms with Crippen LogP contribution in [-0.2, 0) is 13.0 Å². The van der Waals surface area contributed by atoms with Crippen LogP contribution in [0.15, 0.2) is 36.8 Å². The first-order valence-electron chi connectivity index (χ1n) is 5.48. The van der Waals surface area contributed by atoms with Crippen LogP contribution in [0.5, 0.6) is 0 Å². The summed E-state index contributed by atoms with van der Waals surface area (Å²) in [6.45, 7) is 0.0971. The van der Waals surface area contributed by atoms with Gasteiger partial charge < -0.3 is 14.8 Å². The summed E-state index contributed by atoms with van der Waals surface area (Å²) in [5.41, 5.74) is 0.929. The molecule has 2 aromatic rings. The highest BCUT2D eigenvalue weighted by Crippen LogP contribution is 2.06. The molecule has 0 aliphatic rings. The maximum Gasteiger partial charge on any atom is 0.114 e. The summed E-state index contributed by atoms with van der Waals surface area (Å²) in [7, 11) is 0. The van der Waals surface area contributed by atoms with Gasteiger partial charge in [-0.1, -0.05) is 6.07 Å². The van der Waals surface area contributed by atoms with Crippen LogP contribution >= 0.6 is 0 Å². The van der Waals surface area contributed by atoms with Crippen LogP contribution in [0.4, 0.5) is 0 Å². The van der Waals surface area contributed by atoms with E-state index < -0.39 is 6.10 Å². The lowest BCUT2D eigenvalue weighted by Gasteiger charge is -2.11. The Hall–Kier alpha value is -1.72. The van der Waals surface area contributed by atoms with Crippen molar-refractivity contribution in [3.8, 4) is 0 Å². The van der Waals surface area contributed by atoms with Crippen molar-refractivity contribution in [3.05, 3.63) is 48.3 Å². The number of imidazole rings is 1. The minimum Gasteiger partial charge on any atom is -0.394 e. The van der Waals surface area contributed by atoms with Crippen molar-refractivity contribution in [2.75, 3.05) is 6.61 Å². The van der Waals surface area contributed by atoms with E-state index in [9.17, 15) is 5.11 Å². The van der Waals surface area contributed by atoms with Crippen LogP contribution in [-0.4, -0.2) is 37.5 Å². The molecule has 0 saturated heterocycles. The number of nitrogens with zero attached hydrogens (tertiary/aromatic N) is 3. The molecule has 0 aliphatic carbocycles. The van der Waals surface area contributed by atoms with Crippen molar-refractivity contribution in [2.45, 2.75) is 19.1 Å². The highest BCUT2D eigenvalue weighted by atomic mass is 16.3. The molecule has 2 heterocycles. The van der Waals surface area contributed by atoms with E-state index in [0.717, 1.165) is 11.5 Å². The van der Waals surface area contributed by atoms with Crippen molar-refractivity contribution in [1.82, 2.24) is 14.5 Å². The predicted octanol–water partition coefficient (Wildman–Crippen LogP) is 0.222. The van der Waals surface area contributed by atoms with E-state index in [1.165, 1.54) is 0 Å². The van der Waals surface area contributed by atoms with Gasteiger partial charge in [0.05, 0.1) is 19.3 Å². The second kappa shape index (κ2) is 5.56. The zero-order valence-electron chi connectivity index (χ0n) is 9.40. The lowest BCUT2D eigenvalue weighted by molar-refractivity contribution is 0.0806. The summed E-state index contributed by atoms with van der Waals surface area (Å²) < 4.78 is 1.83. The topological polar surface area (TPSA) is 71.2 Å². The third kappa shape index (κ3) is 3.12. The highest BCUT2D eigenvalue weighted by molar-refractivity contribution is 5.10. The van der Waals surface area contributed by atoms with Gasteiger partial charge in [0.1, 0.15) is 5.82 Å². The molecule has 0 aliphatic heterocycles. The number of aromatic nitrogens is 3. The molecule has 1 unspecified atom stereocenters. The molecule has 0 aromatic carbocycles. The number of aliphatic hydroxyl groups is 2. The Labute approximate surface area is 99.4 Å². The minimum absolute atomic E-state index is 0.249. The fourth-order valence-electron chi connectivity index (χ4n) is 1.62. The van der Waals surface area contributed by atoms with Crippen molar-refractivity contribution < 1.29 is 10.2 Å². The lowest BCUT2D eigenvalue weighted by Crippen LogP contribution is -2.21. The van der Waals surface area contributed by atoms with E-state index in [2.05, 4.69) is 9.97 Å². The monoisotopic (exact) mass is 233 g/mol. The zero-order valence-corrected chi connectivity index (χ0v) is 9.40. The Morgan fingerprint density at radius 2 is 2.12 bits per heavy atom. The standard InChI is InChI=1S/C12H15N3O2/c16-9-11(17)8-15-6-5-14-12(15)7-10-3-1-2-4-13-10/h1-6,11,16-17H,7-9H2. The molecule has 1 atom stereocenters. The van der Waals surface area contributed by atoms with Crippen molar-refractivity contribution >= 4 is 0 Å². The van der Waals surface area contributed by atoms with Crippen molar-refractivity contribution in [2.24, 2.45) is 0 Å². The third-order valence-electron chi connectivity index (χ3n) is 2.49. The molecule has 5 nitrogen and oxygen atoms in total. The Morgan fingerprint density at radius 1 is 1.24 bits per heavy atom. The van der Waals surface area contributed by atoms with Gasteiger partial charge in [-0.15, -0.1) is 0 Å². The number of hydrogen-bond acceptors (Lipinski definition) is 4. The van der Waals surface area contributed by atoms with Gasteiger partial charge in [0.2, 0.25) is 0 Å². The molecule has 90 valence electrons. The molecule has 0 saturated carbocycles. The number of hydrogen-bond donors (Lipinski definition) is 2. The van der Waals surface area contributed by atoms with Crippen LogP contribution in [0.3, 0.4) is 0 Å². The Morgan fingerprint density at radius 3 is 2.82 bits per heavy atom. The molecule has 0 bridgehead atoms. The SMILES string of the molecule is OCC(O)Cn1ccnc1Cc1ccccn1. The smallest absolute Gasteiger partial charge is 0.114 e. The number of rotatable bonds is 5. The number of aliphatic hydroxyl groups excluding tert-OH is 2. The maximum absolute atomic E-state index is 9.41. The van der Waals surface area contributed by atoms with Gasteiger partial charge in [0, 0.05) is 30.7 Å². The first kappa shape index (κ1) is 11.8. The molecule has 0 radical (unpaired) electrons. The fraction of sp³-hybridized carbons (Fsp3) is 0.333. The summed E-state index contributed by atoms with van der Waals surface area (Å²) in [4.78, 5) is 8.46. The second-order valence-corrected chi connectivity index (χ2v) is 3.83. The van der Waals surface area contributed by atoms with Crippen LogP contribution < -0.4 is 0 Å². The van der Waals surface area contributed by atoms with Crippen LogP contribution in [0.1, 0.15) is 11.5 Å². The number of pyridine rings is 1. The molecule has 2 N–H and O–H groups in total. The molecule has 2 rings (SSSR count). The summed E-state index contributed by atoms with van der Waals surface area (Å²) in [6, 6.07) is 5.73. The first-order chi connectivity index (χ1) is 8.29. The van der Waals surface area contributed by atoms with Crippen molar-refractivity contribution in [1.29, 1.82) is 0 Å².